The fraction of sp³-hybridized carbons (Fsp3) is 0.143. The summed E-state index contributed by atoms with van der Waals surface area (Å²) in [5.41, 5.74) is 0.270. The molecule has 0 aliphatic rings. The number of pyridine rings is 1. The topological polar surface area (TPSA) is 45.2 Å². The first-order valence-electron chi connectivity index (χ1n) is 5.87. The summed E-state index contributed by atoms with van der Waals surface area (Å²) in [7, 11) is 3.59. The molecule has 1 N–H and O–H groups in total. The van der Waals surface area contributed by atoms with Crippen LogP contribution in [0.5, 0.6) is 0 Å². The molecule has 1 amide bonds. The quantitative estimate of drug-likeness (QED) is 0.938. The maximum Gasteiger partial charge on any atom is 0.255 e. The maximum absolute atomic E-state index is 13.5. The van der Waals surface area contributed by atoms with Crippen molar-refractivity contribution in [3.8, 4) is 0 Å². The predicted octanol–water partition coefficient (Wildman–Crippen LogP) is 2.68. The van der Waals surface area contributed by atoms with Gasteiger partial charge in [-0.1, -0.05) is 0 Å². The van der Waals surface area contributed by atoms with Gasteiger partial charge in [0.1, 0.15) is 17.5 Å². The summed E-state index contributed by atoms with van der Waals surface area (Å²) in [6.07, 6.45) is 1.49. The number of nitrogens with zero attached hydrogens (tertiary/aromatic N) is 2. The van der Waals surface area contributed by atoms with Crippen LogP contribution in [-0.2, 0) is 0 Å². The number of halogens is 2. The lowest BCUT2D eigenvalue weighted by atomic mass is 10.2. The zero-order chi connectivity index (χ0) is 14.7. The van der Waals surface area contributed by atoms with Gasteiger partial charge in [0, 0.05) is 31.9 Å². The van der Waals surface area contributed by atoms with Gasteiger partial charge in [-0.2, -0.15) is 0 Å². The van der Waals surface area contributed by atoms with E-state index in [1.807, 2.05) is 0 Å². The number of hydrogen-bond donors (Lipinski definition) is 1. The summed E-state index contributed by atoms with van der Waals surface area (Å²) in [4.78, 5) is 17.8. The second-order valence-electron chi connectivity index (χ2n) is 4.38. The summed E-state index contributed by atoms with van der Waals surface area (Å²) in [5.74, 6) is -1.39. The first kappa shape index (κ1) is 13.9. The van der Waals surface area contributed by atoms with Crippen molar-refractivity contribution < 1.29 is 13.6 Å². The highest BCUT2D eigenvalue weighted by atomic mass is 19.1. The third-order valence-electron chi connectivity index (χ3n) is 2.65. The van der Waals surface area contributed by atoms with Crippen molar-refractivity contribution >= 4 is 17.4 Å². The number of benzene rings is 1. The molecule has 0 fully saturated rings. The minimum atomic E-state index is -0.819. The van der Waals surface area contributed by atoms with Crippen molar-refractivity contribution in [2.24, 2.45) is 0 Å². The molecule has 2 rings (SSSR count). The van der Waals surface area contributed by atoms with Crippen molar-refractivity contribution in [2.75, 3.05) is 24.3 Å². The molecular formula is C14H13F2N3O. The van der Waals surface area contributed by atoms with Crippen LogP contribution in [0.15, 0.2) is 36.5 Å². The second kappa shape index (κ2) is 5.64. The molecule has 0 spiro atoms. The van der Waals surface area contributed by atoms with Gasteiger partial charge in [0.25, 0.3) is 5.91 Å². The minimum Gasteiger partial charge on any atom is -0.363 e. The third-order valence-corrected chi connectivity index (χ3v) is 2.65. The summed E-state index contributed by atoms with van der Waals surface area (Å²) in [6.45, 7) is 0. The van der Waals surface area contributed by atoms with Gasteiger partial charge < -0.3 is 10.2 Å². The Balaban J connectivity index is 2.21. The molecule has 0 radical (unpaired) electrons. The molecule has 6 heteroatoms. The van der Waals surface area contributed by atoms with E-state index in [9.17, 15) is 13.6 Å². The standard InChI is InChI=1S/C14H13F2N3O/c1-19(2)13-7-9(5-6-17-13)14(20)18-12-4-3-10(15)8-11(12)16/h3-8H,1-2H3,(H,18,20). The smallest absolute Gasteiger partial charge is 0.255 e. The number of anilines is 2. The molecule has 0 unspecified atom stereocenters. The van der Waals surface area contributed by atoms with E-state index >= 15 is 0 Å². The predicted molar refractivity (Wildman–Crippen MR) is 72.9 cm³/mol. The second-order valence-corrected chi connectivity index (χ2v) is 4.38. The average molecular weight is 277 g/mol. The summed E-state index contributed by atoms with van der Waals surface area (Å²) in [5, 5.41) is 2.39. The first-order chi connectivity index (χ1) is 9.47. The Labute approximate surface area is 115 Å². The molecule has 0 bridgehead atoms. The number of hydrogen-bond acceptors (Lipinski definition) is 3. The van der Waals surface area contributed by atoms with Gasteiger partial charge in [0.05, 0.1) is 5.69 Å². The van der Waals surface area contributed by atoms with Gasteiger partial charge in [0.15, 0.2) is 0 Å². The van der Waals surface area contributed by atoms with E-state index in [4.69, 9.17) is 0 Å². The number of carbonyl (C=O) groups excluding carboxylic acids is 1. The SMILES string of the molecule is CN(C)c1cc(C(=O)Nc2ccc(F)cc2F)ccn1. The highest BCUT2D eigenvalue weighted by Crippen LogP contribution is 2.17. The zero-order valence-corrected chi connectivity index (χ0v) is 11.0. The number of amides is 1. The minimum absolute atomic E-state index is 0.0698. The molecule has 0 atom stereocenters. The Morgan fingerprint density at radius 2 is 1.95 bits per heavy atom. The largest absolute Gasteiger partial charge is 0.363 e. The maximum atomic E-state index is 13.5. The number of nitrogens with one attached hydrogen (secondary N) is 1. The Bertz CT molecular complexity index is 644. The van der Waals surface area contributed by atoms with E-state index in [-0.39, 0.29) is 5.69 Å². The van der Waals surface area contributed by atoms with E-state index in [0.29, 0.717) is 17.4 Å². The molecule has 4 nitrogen and oxygen atoms in total. The Morgan fingerprint density at radius 3 is 2.60 bits per heavy atom. The highest BCUT2D eigenvalue weighted by Gasteiger charge is 2.11. The Kier molecular flexibility index (Phi) is 3.93. The van der Waals surface area contributed by atoms with Gasteiger partial charge in [-0.15, -0.1) is 0 Å². The molecule has 2 aromatic rings. The first-order valence-corrected chi connectivity index (χ1v) is 5.87. The molecular weight excluding hydrogens is 264 g/mol. The molecule has 0 saturated carbocycles. The Morgan fingerprint density at radius 1 is 1.20 bits per heavy atom. The van der Waals surface area contributed by atoms with Crippen LogP contribution in [-0.4, -0.2) is 25.0 Å². The van der Waals surface area contributed by atoms with Gasteiger partial charge in [0.2, 0.25) is 0 Å². The highest BCUT2D eigenvalue weighted by molar-refractivity contribution is 6.04. The van der Waals surface area contributed by atoms with Crippen LogP contribution >= 0.6 is 0 Å². The van der Waals surface area contributed by atoms with Crippen LogP contribution in [0.25, 0.3) is 0 Å². The van der Waals surface area contributed by atoms with Crippen LogP contribution in [0.3, 0.4) is 0 Å². The molecule has 0 aliphatic carbocycles. The lowest BCUT2D eigenvalue weighted by molar-refractivity contribution is 0.102. The van der Waals surface area contributed by atoms with Crippen molar-refractivity contribution in [3.63, 3.8) is 0 Å². The van der Waals surface area contributed by atoms with Crippen molar-refractivity contribution in [3.05, 3.63) is 53.7 Å². The molecule has 20 heavy (non-hydrogen) atoms. The monoisotopic (exact) mass is 277 g/mol. The van der Waals surface area contributed by atoms with Crippen LogP contribution in [0.2, 0.25) is 0 Å². The van der Waals surface area contributed by atoms with E-state index < -0.39 is 17.5 Å². The van der Waals surface area contributed by atoms with Crippen LogP contribution in [0.1, 0.15) is 10.4 Å². The van der Waals surface area contributed by atoms with Crippen LogP contribution < -0.4 is 10.2 Å². The van der Waals surface area contributed by atoms with E-state index in [1.165, 1.54) is 18.3 Å². The molecule has 0 aliphatic heterocycles. The molecule has 1 aromatic heterocycles. The van der Waals surface area contributed by atoms with Gasteiger partial charge in [-0.25, -0.2) is 13.8 Å². The number of rotatable bonds is 3. The summed E-state index contributed by atoms with van der Waals surface area (Å²) >= 11 is 0. The zero-order valence-electron chi connectivity index (χ0n) is 11.0. The average Bonchev–Trinajstić information content (AvgIpc) is 2.42. The van der Waals surface area contributed by atoms with Crippen LogP contribution in [0.4, 0.5) is 20.3 Å². The van der Waals surface area contributed by atoms with Gasteiger partial charge >= 0.3 is 0 Å². The molecule has 1 heterocycles. The lowest BCUT2D eigenvalue weighted by Gasteiger charge is -2.12. The van der Waals surface area contributed by atoms with Gasteiger partial charge in [-0.3, -0.25) is 4.79 Å². The molecule has 0 saturated heterocycles. The third kappa shape index (κ3) is 3.09. The fourth-order valence-electron chi connectivity index (χ4n) is 1.59. The van der Waals surface area contributed by atoms with Gasteiger partial charge in [-0.05, 0) is 24.3 Å². The van der Waals surface area contributed by atoms with E-state index in [1.54, 1.807) is 25.1 Å². The van der Waals surface area contributed by atoms with Crippen LogP contribution in [0, 0.1) is 11.6 Å². The lowest BCUT2D eigenvalue weighted by Crippen LogP contribution is -2.16. The van der Waals surface area contributed by atoms with E-state index in [2.05, 4.69) is 10.3 Å². The fourth-order valence-corrected chi connectivity index (χ4v) is 1.59. The summed E-state index contributed by atoms with van der Waals surface area (Å²) < 4.78 is 26.2. The normalized spacial score (nSPS) is 10.2. The van der Waals surface area contributed by atoms with Crippen molar-refractivity contribution in [1.29, 1.82) is 0 Å². The Hall–Kier alpha value is -2.50. The summed E-state index contributed by atoms with van der Waals surface area (Å²) in [6, 6.07) is 6.07. The van der Waals surface area contributed by atoms with Crippen molar-refractivity contribution in [2.45, 2.75) is 0 Å². The molecule has 1 aromatic carbocycles. The van der Waals surface area contributed by atoms with Crippen molar-refractivity contribution in [1.82, 2.24) is 4.98 Å². The number of carbonyl (C=O) groups is 1. The van der Waals surface area contributed by atoms with E-state index in [0.717, 1.165) is 6.07 Å². The molecule has 104 valence electrons. The number of aromatic nitrogens is 1.